The highest BCUT2D eigenvalue weighted by molar-refractivity contribution is 7.19. The van der Waals surface area contributed by atoms with Crippen molar-refractivity contribution in [1.82, 2.24) is 0 Å². The average Bonchev–Trinajstić information content (AvgIpc) is 3.23. The average molecular weight is 589 g/mol. The summed E-state index contributed by atoms with van der Waals surface area (Å²) in [6.45, 7) is 4.04. The van der Waals surface area contributed by atoms with Gasteiger partial charge in [0.15, 0.2) is 0 Å². The minimum atomic E-state index is -4.64. The number of nitrogen functional groups attached to an aromatic ring is 1. The Morgan fingerprint density at radius 3 is 2.27 bits per heavy atom. The molecule has 1 heterocycles. The third kappa shape index (κ3) is 6.32. The Kier molecular flexibility index (Phi) is 8.55. The van der Waals surface area contributed by atoms with E-state index in [2.05, 4.69) is 16.0 Å². The van der Waals surface area contributed by atoms with E-state index >= 15 is 0 Å². The number of rotatable bonds is 8. The summed E-state index contributed by atoms with van der Waals surface area (Å²) >= 11 is 6.94. The summed E-state index contributed by atoms with van der Waals surface area (Å²) in [6, 6.07) is 16.7. The van der Waals surface area contributed by atoms with Gasteiger partial charge in [-0.05, 0) is 55.8 Å². The van der Waals surface area contributed by atoms with Gasteiger partial charge in [0.1, 0.15) is 15.6 Å². The topological polar surface area (TPSA) is 105 Å². The van der Waals surface area contributed by atoms with Crippen molar-refractivity contribution in [3.05, 3.63) is 93.3 Å². The van der Waals surface area contributed by atoms with Crippen molar-refractivity contribution in [2.45, 2.75) is 20.0 Å². The molecule has 4 rings (SSSR count). The molecule has 0 aliphatic heterocycles. The zero-order chi connectivity index (χ0) is 29.0. The SMILES string of the molecule is CCOc1ccccc1NC(=O)c1c(Nc2ccccc2C)sc(C(=O)Nc2cc(C(F)(F)F)ccc2Cl)c1N. The lowest BCUT2D eigenvalue weighted by Crippen LogP contribution is -2.17. The van der Waals surface area contributed by atoms with Gasteiger partial charge in [-0.2, -0.15) is 13.2 Å². The van der Waals surface area contributed by atoms with Crippen molar-refractivity contribution in [2.24, 2.45) is 0 Å². The van der Waals surface area contributed by atoms with Gasteiger partial charge in [-0.25, -0.2) is 0 Å². The second kappa shape index (κ2) is 11.9. The molecule has 0 fully saturated rings. The molecule has 0 saturated heterocycles. The van der Waals surface area contributed by atoms with Gasteiger partial charge < -0.3 is 26.4 Å². The Bertz CT molecular complexity index is 1570. The number of aryl methyl sites for hydroxylation is 1. The van der Waals surface area contributed by atoms with Crippen LogP contribution in [0.4, 0.5) is 40.9 Å². The van der Waals surface area contributed by atoms with Crippen LogP contribution in [0.15, 0.2) is 66.7 Å². The van der Waals surface area contributed by atoms with Crippen molar-refractivity contribution in [3.8, 4) is 5.75 Å². The highest BCUT2D eigenvalue weighted by atomic mass is 35.5. The molecule has 0 saturated carbocycles. The summed E-state index contributed by atoms with van der Waals surface area (Å²) in [7, 11) is 0. The number of para-hydroxylation sites is 3. The predicted octanol–water partition coefficient (Wildman–Crippen LogP) is 7.96. The van der Waals surface area contributed by atoms with Gasteiger partial charge in [0.2, 0.25) is 0 Å². The van der Waals surface area contributed by atoms with Crippen LogP contribution in [0.25, 0.3) is 0 Å². The molecule has 0 aliphatic rings. The highest BCUT2D eigenvalue weighted by Crippen LogP contribution is 2.40. The maximum absolute atomic E-state index is 13.5. The molecule has 0 unspecified atom stereocenters. The van der Waals surface area contributed by atoms with E-state index < -0.39 is 23.6 Å². The number of carbonyl (C=O) groups is 2. The van der Waals surface area contributed by atoms with E-state index in [4.69, 9.17) is 22.1 Å². The lowest BCUT2D eigenvalue weighted by molar-refractivity contribution is -0.137. The Hall–Kier alpha value is -4.22. The molecule has 1 aromatic heterocycles. The number of hydrogen-bond donors (Lipinski definition) is 4. The normalized spacial score (nSPS) is 11.2. The molecule has 0 aliphatic carbocycles. The van der Waals surface area contributed by atoms with Crippen LogP contribution < -0.4 is 26.4 Å². The zero-order valence-electron chi connectivity index (χ0n) is 21.3. The van der Waals surface area contributed by atoms with Gasteiger partial charge in [0.25, 0.3) is 11.8 Å². The van der Waals surface area contributed by atoms with E-state index in [0.717, 1.165) is 35.1 Å². The first-order chi connectivity index (χ1) is 19.0. The molecule has 4 aromatic rings. The third-order valence-electron chi connectivity index (χ3n) is 5.75. The molecule has 7 nitrogen and oxygen atoms in total. The second-order valence-electron chi connectivity index (χ2n) is 8.52. The molecular weight excluding hydrogens is 565 g/mol. The van der Waals surface area contributed by atoms with Crippen molar-refractivity contribution >= 4 is 62.5 Å². The number of alkyl halides is 3. The number of halogens is 4. The highest BCUT2D eigenvalue weighted by Gasteiger charge is 2.32. The third-order valence-corrected chi connectivity index (χ3v) is 7.20. The van der Waals surface area contributed by atoms with Gasteiger partial charge >= 0.3 is 6.18 Å². The summed E-state index contributed by atoms with van der Waals surface area (Å²) in [6.07, 6.45) is -4.64. The van der Waals surface area contributed by atoms with E-state index in [0.29, 0.717) is 23.7 Å². The summed E-state index contributed by atoms with van der Waals surface area (Å²) in [4.78, 5) is 26.7. The van der Waals surface area contributed by atoms with Crippen LogP contribution in [-0.2, 0) is 6.18 Å². The number of amides is 2. The van der Waals surface area contributed by atoms with Gasteiger partial charge in [-0.1, -0.05) is 41.9 Å². The molecule has 2 amide bonds. The van der Waals surface area contributed by atoms with Crippen molar-refractivity contribution < 1.29 is 27.5 Å². The molecule has 40 heavy (non-hydrogen) atoms. The number of nitrogens with one attached hydrogen (secondary N) is 3. The summed E-state index contributed by atoms with van der Waals surface area (Å²) < 4.78 is 45.3. The van der Waals surface area contributed by atoms with Crippen LogP contribution in [0, 0.1) is 6.92 Å². The number of anilines is 5. The predicted molar refractivity (Wildman–Crippen MR) is 153 cm³/mol. The molecule has 208 valence electrons. The van der Waals surface area contributed by atoms with Crippen LogP contribution in [0.5, 0.6) is 5.75 Å². The van der Waals surface area contributed by atoms with E-state index in [9.17, 15) is 22.8 Å². The Morgan fingerprint density at radius 1 is 0.950 bits per heavy atom. The van der Waals surface area contributed by atoms with E-state index in [1.165, 1.54) is 0 Å². The quantitative estimate of drug-likeness (QED) is 0.167. The van der Waals surface area contributed by atoms with Gasteiger partial charge in [-0.3, -0.25) is 9.59 Å². The molecule has 0 radical (unpaired) electrons. The number of carbonyl (C=O) groups excluding carboxylic acids is 2. The fourth-order valence-electron chi connectivity index (χ4n) is 3.77. The monoisotopic (exact) mass is 588 g/mol. The fraction of sp³-hybridized carbons (Fsp3) is 0.143. The minimum absolute atomic E-state index is 0.0140. The largest absolute Gasteiger partial charge is 0.492 e. The molecule has 5 N–H and O–H groups in total. The van der Waals surface area contributed by atoms with E-state index in [1.54, 1.807) is 43.3 Å². The van der Waals surface area contributed by atoms with Gasteiger partial charge in [-0.15, -0.1) is 11.3 Å². The molecule has 3 aromatic carbocycles. The molecular formula is C28H24ClF3N4O3S. The molecule has 12 heteroatoms. The second-order valence-corrected chi connectivity index (χ2v) is 9.95. The number of nitrogens with two attached hydrogens (primary N) is 1. The Morgan fingerprint density at radius 2 is 1.60 bits per heavy atom. The first-order valence-electron chi connectivity index (χ1n) is 12.0. The van der Waals surface area contributed by atoms with Gasteiger partial charge in [0.05, 0.1) is 39.8 Å². The number of benzene rings is 3. The molecule has 0 atom stereocenters. The van der Waals surface area contributed by atoms with Crippen LogP contribution in [-0.4, -0.2) is 18.4 Å². The molecule has 0 bridgehead atoms. The summed E-state index contributed by atoms with van der Waals surface area (Å²) in [5.41, 5.74) is 6.86. The molecule has 0 spiro atoms. The Balaban J connectivity index is 1.73. The van der Waals surface area contributed by atoms with Crippen molar-refractivity contribution in [3.63, 3.8) is 0 Å². The standard InChI is InChI=1S/C28H24ClF3N4O3S/c1-3-39-21-11-7-6-10-19(21)34-25(37)22-23(33)24(40-27(22)36-18-9-5-4-8-15(18)2)26(38)35-20-14-16(28(30,31)32)12-13-17(20)29/h4-14,36H,3,33H2,1-2H3,(H,34,37)(H,35,38). The van der Waals surface area contributed by atoms with Crippen LogP contribution in [0.1, 0.15) is 38.1 Å². The smallest absolute Gasteiger partial charge is 0.416 e. The summed E-state index contributed by atoms with van der Waals surface area (Å²) in [5.74, 6) is -1.00. The lowest BCUT2D eigenvalue weighted by atomic mass is 10.1. The fourth-order valence-corrected chi connectivity index (χ4v) is 4.96. The first kappa shape index (κ1) is 28.8. The lowest BCUT2D eigenvalue weighted by Gasteiger charge is -2.13. The van der Waals surface area contributed by atoms with Crippen LogP contribution in [0.3, 0.4) is 0 Å². The van der Waals surface area contributed by atoms with E-state index in [-0.39, 0.29) is 31.8 Å². The maximum atomic E-state index is 13.5. The first-order valence-corrected chi connectivity index (χ1v) is 13.1. The number of thiophene rings is 1. The van der Waals surface area contributed by atoms with Crippen LogP contribution >= 0.6 is 22.9 Å². The van der Waals surface area contributed by atoms with Crippen molar-refractivity contribution in [1.29, 1.82) is 0 Å². The summed E-state index contributed by atoms with van der Waals surface area (Å²) in [5, 5.41) is 8.49. The Labute approximate surface area is 237 Å². The van der Waals surface area contributed by atoms with Crippen LogP contribution in [0.2, 0.25) is 5.02 Å². The minimum Gasteiger partial charge on any atom is -0.492 e. The van der Waals surface area contributed by atoms with Crippen molar-refractivity contribution in [2.75, 3.05) is 28.3 Å². The zero-order valence-corrected chi connectivity index (χ0v) is 22.9. The number of hydrogen-bond acceptors (Lipinski definition) is 6. The van der Waals surface area contributed by atoms with Gasteiger partial charge in [0, 0.05) is 5.69 Å². The maximum Gasteiger partial charge on any atom is 0.416 e. The van der Waals surface area contributed by atoms with E-state index in [1.807, 2.05) is 19.1 Å². The number of ether oxygens (including phenoxy) is 1.